The first-order valence-electron chi connectivity index (χ1n) is 11.2. The number of aryl methyl sites for hydroxylation is 1. The van der Waals surface area contributed by atoms with Gasteiger partial charge < -0.3 is 20.9 Å². The zero-order chi connectivity index (χ0) is 22.4. The van der Waals surface area contributed by atoms with Gasteiger partial charge in [-0.25, -0.2) is 4.79 Å². The number of hydrogen-bond donors (Lipinski definition) is 3. The fourth-order valence-electron chi connectivity index (χ4n) is 3.82. The van der Waals surface area contributed by atoms with Crippen molar-refractivity contribution in [3.8, 4) is 0 Å². The van der Waals surface area contributed by atoms with E-state index in [-0.39, 0.29) is 18.0 Å². The Morgan fingerprint density at radius 2 is 1.71 bits per heavy atom. The molecule has 2 aromatic rings. The Hall–Kier alpha value is -3.02. The van der Waals surface area contributed by atoms with E-state index in [1.807, 2.05) is 50.2 Å². The maximum Gasteiger partial charge on any atom is 0.323 e. The Labute approximate surface area is 185 Å². The molecule has 1 aliphatic rings. The Morgan fingerprint density at radius 3 is 2.35 bits per heavy atom. The lowest BCUT2D eigenvalue weighted by atomic mass is 9.97. The maximum atomic E-state index is 12.9. The van der Waals surface area contributed by atoms with Gasteiger partial charge >= 0.3 is 6.03 Å². The number of amides is 3. The van der Waals surface area contributed by atoms with Crippen molar-refractivity contribution in [3.63, 3.8) is 0 Å². The first kappa shape index (κ1) is 22.7. The first-order valence-corrected chi connectivity index (χ1v) is 11.2. The molecular weight excluding hydrogens is 388 g/mol. The highest BCUT2D eigenvalue weighted by Crippen LogP contribution is 2.29. The van der Waals surface area contributed by atoms with Crippen molar-refractivity contribution < 1.29 is 9.59 Å². The molecule has 0 saturated carbocycles. The fourth-order valence-corrected chi connectivity index (χ4v) is 3.82. The summed E-state index contributed by atoms with van der Waals surface area (Å²) in [4.78, 5) is 27.7. The van der Waals surface area contributed by atoms with Crippen molar-refractivity contribution in [2.45, 2.75) is 53.0 Å². The molecule has 1 fully saturated rings. The number of carbonyl (C=O) groups excluding carboxylic acids is 2. The standard InChI is InChI=1S/C25H34N4O2/c1-5-19-7-6-8-20(15-19)27-25(31)28-21-9-10-23(29-13-11-18(4)12-14-29)22(16-21)24(30)26-17(2)3/h6-10,15-18H,5,11-14H2,1-4H3,(H,26,30)(H2,27,28,31). The van der Waals surface area contributed by atoms with Crippen LogP contribution in [0.3, 0.4) is 0 Å². The number of hydrogen-bond acceptors (Lipinski definition) is 3. The van der Waals surface area contributed by atoms with E-state index in [0.29, 0.717) is 17.2 Å². The van der Waals surface area contributed by atoms with E-state index in [4.69, 9.17) is 0 Å². The molecule has 3 N–H and O–H groups in total. The summed E-state index contributed by atoms with van der Waals surface area (Å²) in [5.41, 5.74) is 4.01. The van der Waals surface area contributed by atoms with Crippen molar-refractivity contribution in [1.29, 1.82) is 0 Å². The summed E-state index contributed by atoms with van der Waals surface area (Å²) in [5.74, 6) is 0.586. The van der Waals surface area contributed by atoms with Crippen LogP contribution in [0.1, 0.15) is 56.5 Å². The fraction of sp³-hybridized carbons (Fsp3) is 0.440. The molecule has 1 heterocycles. The molecule has 1 aliphatic heterocycles. The Kier molecular flexibility index (Phi) is 7.55. The summed E-state index contributed by atoms with van der Waals surface area (Å²) >= 11 is 0. The number of benzene rings is 2. The third kappa shape index (κ3) is 6.23. The van der Waals surface area contributed by atoms with Crippen molar-refractivity contribution >= 4 is 29.0 Å². The molecule has 2 aromatic carbocycles. The van der Waals surface area contributed by atoms with Gasteiger partial charge in [-0.3, -0.25) is 4.79 Å². The van der Waals surface area contributed by atoms with Gasteiger partial charge in [0.1, 0.15) is 0 Å². The molecule has 1 saturated heterocycles. The molecule has 3 amide bonds. The van der Waals surface area contributed by atoms with Crippen molar-refractivity contribution in [3.05, 3.63) is 53.6 Å². The second-order valence-electron chi connectivity index (χ2n) is 8.66. The van der Waals surface area contributed by atoms with Gasteiger partial charge in [-0.05, 0) is 74.9 Å². The number of carbonyl (C=O) groups is 2. The van der Waals surface area contributed by atoms with Gasteiger partial charge in [0.15, 0.2) is 0 Å². The van der Waals surface area contributed by atoms with Crippen LogP contribution in [-0.4, -0.2) is 31.1 Å². The second-order valence-corrected chi connectivity index (χ2v) is 8.66. The molecule has 6 heteroatoms. The smallest absolute Gasteiger partial charge is 0.323 e. The molecule has 3 rings (SSSR count). The largest absolute Gasteiger partial charge is 0.371 e. The predicted octanol–water partition coefficient (Wildman–Crippen LogP) is 5.27. The average Bonchev–Trinajstić information content (AvgIpc) is 2.74. The van der Waals surface area contributed by atoms with Gasteiger partial charge in [-0.1, -0.05) is 26.0 Å². The van der Waals surface area contributed by atoms with Gasteiger partial charge in [0.2, 0.25) is 0 Å². The summed E-state index contributed by atoms with van der Waals surface area (Å²) in [5, 5.41) is 8.72. The van der Waals surface area contributed by atoms with Crippen molar-refractivity contribution in [2.24, 2.45) is 5.92 Å². The third-order valence-electron chi connectivity index (χ3n) is 5.64. The molecule has 0 aliphatic carbocycles. The monoisotopic (exact) mass is 422 g/mol. The summed E-state index contributed by atoms with van der Waals surface area (Å²) < 4.78 is 0. The normalized spacial score (nSPS) is 14.4. The van der Waals surface area contributed by atoms with Crippen LogP contribution < -0.4 is 20.9 Å². The van der Waals surface area contributed by atoms with Crippen LogP contribution in [0.25, 0.3) is 0 Å². The molecule has 0 radical (unpaired) electrons. The van der Waals surface area contributed by atoms with Crippen LogP contribution >= 0.6 is 0 Å². The number of rotatable bonds is 6. The molecule has 166 valence electrons. The minimum Gasteiger partial charge on any atom is -0.371 e. The van der Waals surface area contributed by atoms with E-state index in [0.717, 1.165) is 49.3 Å². The Balaban J connectivity index is 1.78. The van der Waals surface area contributed by atoms with Gasteiger partial charge in [0.25, 0.3) is 5.91 Å². The quantitative estimate of drug-likeness (QED) is 0.594. The highest BCUT2D eigenvalue weighted by atomic mass is 16.2. The average molecular weight is 423 g/mol. The third-order valence-corrected chi connectivity index (χ3v) is 5.64. The second kappa shape index (κ2) is 10.3. The number of nitrogens with one attached hydrogen (secondary N) is 3. The number of piperidine rings is 1. The lowest BCUT2D eigenvalue weighted by molar-refractivity contribution is 0.0943. The Bertz CT molecular complexity index is 917. The highest BCUT2D eigenvalue weighted by molar-refractivity contribution is 6.04. The van der Waals surface area contributed by atoms with Crippen LogP contribution in [0.5, 0.6) is 0 Å². The van der Waals surface area contributed by atoms with E-state index in [9.17, 15) is 9.59 Å². The number of nitrogens with zero attached hydrogens (tertiary/aromatic N) is 1. The summed E-state index contributed by atoms with van der Waals surface area (Å²) in [6.45, 7) is 10.1. The molecule has 0 bridgehead atoms. The summed E-state index contributed by atoms with van der Waals surface area (Å²) in [6.07, 6.45) is 3.14. The minimum atomic E-state index is -0.331. The molecule has 0 unspecified atom stereocenters. The van der Waals surface area contributed by atoms with E-state index in [2.05, 4.69) is 34.7 Å². The summed E-state index contributed by atoms with van der Waals surface area (Å²) in [6, 6.07) is 13.1. The zero-order valence-electron chi connectivity index (χ0n) is 19.0. The number of urea groups is 1. The van der Waals surface area contributed by atoms with Crippen molar-refractivity contribution in [1.82, 2.24) is 5.32 Å². The van der Waals surface area contributed by atoms with Crippen molar-refractivity contribution in [2.75, 3.05) is 28.6 Å². The SMILES string of the molecule is CCc1cccc(NC(=O)Nc2ccc(N3CCC(C)CC3)c(C(=O)NC(C)C)c2)c1. The maximum absolute atomic E-state index is 12.9. The predicted molar refractivity (Wildman–Crippen MR) is 128 cm³/mol. The van der Waals surface area contributed by atoms with Crippen LogP contribution in [0, 0.1) is 5.92 Å². The molecular formula is C25H34N4O2. The van der Waals surface area contributed by atoms with Crippen LogP contribution in [0.2, 0.25) is 0 Å². The zero-order valence-corrected chi connectivity index (χ0v) is 19.0. The molecule has 0 spiro atoms. The molecule has 6 nitrogen and oxygen atoms in total. The van der Waals surface area contributed by atoms with Gasteiger partial charge in [-0.15, -0.1) is 0 Å². The van der Waals surface area contributed by atoms with Gasteiger partial charge in [0.05, 0.1) is 5.56 Å². The van der Waals surface area contributed by atoms with Crippen LogP contribution in [0.15, 0.2) is 42.5 Å². The van der Waals surface area contributed by atoms with Gasteiger partial charge in [-0.2, -0.15) is 0 Å². The van der Waals surface area contributed by atoms with E-state index in [1.165, 1.54) is 0 Å². The van der Waals surface area contributed by atoms with Crippen LogP contribution in [-0.2, 0) is 6.42 Å². The summed E-state index contributed by atoms with van der Waals surface area (Å²) in [7, 11) is 0. The van der Waals surface area contributed by atoms with E-state index < -0.39 is 0 Å². The lowest BCUT2D eigenvalue weighted by Crippen LogP contribution is -2.36. The number of anilines is 3. The highest BCUT2D eigenvalue weighted by Gasteiger charge is 2.22. The molecule has 0 aromatic heterocycles. The van der Waals surface area contributed by atoms with Gasteiger partial charge in [0, 0.05) is 36.2 Å². The van der Waals surface area contributed by atoms with E-state index >= 15 is 0 Å². The first-order chi connectivity index (χ1) is 14.9. The Morgan fingerprint density at radius 1 is 1.03 bits per heavy atom. The lowest BCUT2D eigenvalue weighted by Gasteiger charge is -2.33. The molecule has 0 atom stereocenters. The molecule has 31 heavy (non-hydrogen) atoms. The minimum absolute atomic E-state index is 0.0347. The van der Waals surface area contributed by atoms with E-state index in [1.54, 1.807) is 6.07 Å². The van der Waals surface area contributed by atoms with Crippen LogP contribution in [0.4, 0.5) is 21.9 Å². The topological polar surface area (TPSA) is 73.5 Å².